The van der Waals surface area contributed by atoms with Crippen LogP contribution >= 0.6 is 0 Å². The Morgan fingerprint density at radius 1 is 1.00 bits per heavy atom. The van der Waals surface area contributed by atoms with E-state index in [4.69, 9.17) is 0 Å². The molecule has 5 rings (SSSR count). The third-order valence-corrected chi connectivity index (χ3v) is 6.54. The van der Waals surface area contributed by atoms with Crippen LogP contribution in [0.2, 0.25) is 0 Å². The first-order valence-electron chi connectivity index (χ1n) is 11.0. The highest BCUT2D eigenvalue weighted by atomic mass is 19.1. The molecule has 2 saturated heterocycles. The van der Waals surface area contributed by atoms with Crippen molar-refractivity contribution in [2.24, 2.45) is 5.92 Å². The van der Waals surface area contributed by atoms with Crippen LogP contribution in [0.25, 0.3) is 22.4 Å². The number of hydrogen-bond acceptors (Lipinski definition) is 5. The van der Waals surface area contributed by atoms with Crippen molar-refractivity contribution < 1.29 is 8.78 Å². The molecule has 164 valence electrons. The van der Waals surface area contributed by atoms with Crippen LogP contribution in [0.5, 0.6) is 0 Å². The van der Waals surface area contributed by atoms with E-state index >= 15 is 0 Å². The smallest absolute Gasteiger partial charge is 0.156 e. The molecule has 0 amide bonds. The molecule has 3 aromatic rings. The molecule has 0 spiro atoms. The second-order valence-corrected chi connectivity index (χ2v) is 8.81. The summed E-state index contributed by atoms with van der Waals surface area (Å²) in [4.78, 5) is 19.7. The molecule has 0 radical (unpaired) electrons. The Kier molecular flexibility index (Phi) is 5.58. The van der Waals surface area contributed by atoms with Gasteiger partial charge in [-0.15, -0.1) is 0 Å². The van der Waals surface area contributed by atoms with E-state index in [2.05, 4.69) is 36.7 Å². The van der Waals surface area contributed by atoms with Crippen LogP contribution in [0.15, 0.2) is 30.5 Å². The first kappa shape index (κ1) is 20.3. The zero-order chi connectivity index (χ0) is 21.4. The van der Waals surface area contributed by atoms with Gasteiger partial charge in [0.2, 0.25) is 0 Å². The van der Waals surface area contributed by atoms with Gasteiger partial charge in [-0.25, -0.2) is 18.7 Å². The number of aromatic nitrogens is 3. The van der Waals surface area contributed by atoms with Crippen LogP contribution in [-0.2, 0) is 0 Å². The number of piperazine rings is 1. The van der Waals surface area contributed by atoms with Gasteiger partial charge >= 0.3 is 0 Å². The van der Waals surface area contributed by atoms with Crippen molar-refractivity contribution in [3.8, 4) is 11.4 Å². The Hall–Kier alpha value is -2.58. The van der Waals surface area contributed by atoms with Gasteiger partial charge in [-0.1, -0.05) is 0 Å². The number of likely N-dealkylation sites (N-methyl/N-ethyl adjacent to an activating group) is 1. The van der Waals surface area contributed by atoms with E-state index in [9.17, 15) is 8.78 Å². The molecule has 0 unspecified atom stereocenters. The standard InChI is InChI=1S/C23H28F2N6/c1-29-8-10-30(11-9-29)15-16-3-6-31(7-4-16)23-21-20(2-5-26-23)27-22(28-21)17-12-18(24)14-19(25)13-17/h2,5,12-14,16H,3-4,6-11,15H2,1H3,(H,27,28). The number of rotatable bonds is 4. The first-order chi connectivity index (χ1) is 15.0. The maximum Gasteiger partial charge on any atom is 0.156 e. The molecule has 0 atom stereocenters. The maximum absolute atomic E-state index is 13.7. The minimum absolute atomic E-state index is 0.394. The fourth-order valence-electron chi connectivity index (χ4n) is 4.70. The number of fused-ring (bicyclic) bond motifs is 1. The SMILES string of the molecule is CN1CCN(CC2CCN(c3nccc4[nH]c(-c5cc(F)cc(F)c5)nc34)CC2)CC1. The second-order valence-electron chi connectivity index (χ2n) is 8.81. The summed E-state index contributed by atoms with van der Waals surface area (Å²) in [5.74, 6) is 0.777. The monoisotopic (exact) mass is 426 g/mol. The number of H-pyrrole nitrogens is 1. The summed E-state index contributed by atoms with van der Waals surface area (Å²) in [6.07, 6.45) is 4.04. The van der Waals surface area contributed by atoms with Gasteiger partial charge < -0.3 is 19.7 Å². The Morgan fingerprint density at radius 2 is 1.71 bits per heavy atom. The zero-order valence-electron chi connectivity index (χ0n) is 17.8. The average Bonchev–Trinajstić information content (AvgIpc) is 3.20. The molecule has 8 heteroatoms. The minimum atomic E-state index is -0.615. The molecule has 0 bridgehead atoms. The fraction of sp³-hybridized carbons (Fsp3) is 0.478. The van der Waals surface area contributed by atoms with Gasteiger partial charge in [0, 0.05) is 63.6 Å². The lowest BCUT2D eigenvalue weighted by atomic mass is 9.96. The third-order valence-electron chi connectivity index (χ3n) is 6.54. The van der Waals surface area contributed by atoms with Gasteiger partial charge in [-0.2, -0.15) is 0 Å². The van der Waals surface area contributed by atoms with Crippen LogP contribution < -0.4 is 4.90 Å². The highest BCUT2D eigenvalue weighted by Crippen LogP contribution is 2.30. The first-order valence-corrected chi connectivity index (χ1v) is 11.0. The maximum atomic E-state index is 13.7. The lowest BCUT2D eigenvalue weighted by Crippen LogP contribution is -2.47. The van der Waals surface area contributed by atoms with Crippen molar-refractivity contribution in [1.82, 2.24) is 24.8 Å². The van der Waals surface area contributed by atoms with Crippen molar-refractivity contribution in [2.75, 3.05) is 57.8 Å². The number of imidazole rings is 1. The third kappa shape index (κ3) is 4.41. The Balaban J connectivity index is 1.30. The van der Waals surface area contributed by atoms with E-state index in [0.29, 0.717) is 17.3 Å². The molecular formula is C23H28F2N6. The number of nitrogens with zero attached hydrogens (tertiary/aromatic N) is 5. The summed E-state index contributed by atoms with van der Waals surface area (Å²) >= 11 is 0. The summed E-state index contributed by atoms with van der Waals surface area (Å²) in [7, 11) is 2.19. The Morgan fingerprint density at radius 3 is 2.42 bits per heavy atom. The molecule has 2 aromatic heterocycles. The predicted octanol–water partition coefficient (Wildman–Crippen LogP) is 3.37. The molecule has 2 aliphatic heterocycles. The molecule has 6 nitrogen and oxygen atoms in total. The molecule has 2 fully saturated rings. The van der Waals surface area contributed by atoms with Crippen molar-refractivity contribution in [1.29, 1.82) is 0 Å². The van der Waals surface area contributed by atoms with Gasteiger partial charge in [0.1, 0.15) is 23.0 Å². The summed E-state index contributed by atoms with van der Waals surface area (Å²) < 4.78 is 27.3. The molecule has 1 N–H and O–H groups in total. The molecular weight excluding hydrogens is 398 g/mol. The number of aromatic amines is 1. The highest BCUT2D eigenvalue weighted by molar-refractivity contribution is 5.88. The van der Waals surface area contributed by atoms with E-state index in [1.807, 2.05) is 6.07 Å². The molecule has 0 aliphatic carbocycles. The predicted molar refractivity (Wildman–Crippen MR) is 118 cm³/mol. The van der Waals surface area contributed by atoms with Gasteiger partial charge in [-0.3, -0.25) is 0 Å². The van der Waals surface area contributed by atoms with Crippen molar-refractivity contribution in [2.45, 2.75) is 12.8 Å². The van der Waals surface area contributed by atoms with E-state index in [1.54, 1.807) is 6.20 Å². The van der Waals surface area contributed by atoms with Crippen LogP contribution in [0.1, 0.15) is 12.8 Å². The van der Waals surface area contributed by atoms with Gasteiger partial charge in [-0.05, 0) is 44.0 Å². The molecule has 2 aliphatic rings. The van der Waals surface area contributed by atoms with E-state index in [-0.39, 0.29) is 0 Å². The van der Waals surface area contributed by atoms with E-state index in [1.165, 1.54) is 18.7 Å². The average molecular weight is 427 g/mol. The number of pyridine rings is 1. The van der Waals surface area contributed by atoms with Crippen LogP contribution in [0.4, 0.5) is 14.6 Å². The normalized spacial score (nSPS) is 19.4. The zero-order valence-corrected chi connectivity index (χ0v) is 17.8. The van der Waals surface area contributed by atoms with Gasteiger partial charge in [0.05, 0.1) is 5.52 Å². The minimum Gasteiger partial charge on any atom is -0.355 e. The van der Waals surface area contributed by atoms with E-state index < -0.39 is 11.6 Å². The number of piperidine rings is 1. The van der Waals surface area contributed by atoms with Gasteiger partial charge in [0.15, 0.2) is 5.82 Å². The number of halogens is 2. The fourth-order valence-corrected chi connectivity index (χ4v) is 4.70. The summed E-state index contributed by atoms with van der Waals surface area (Å²) in [6.45, 7) is 7.70. The lowest BCUT2D eigenvalue weighted by molar-refractivity contribution is 0.129. The number of hydrogen-bond donors (Lipinski definition) is 1. The highest BCUT2D eigenvalue weighted by Gasteiger charge is 2.25. The summed E-state index contributed by atoms with van der Waals surface area (Å²) in [5.41, 5.74) is 1.97. The quantitative estimate of drug-likeness (QED) is 0.693. The molecule has 0 saturated carbocycles. The second kappa shape index (κ2) is 8.51. The summed E-state index contributed by atoms with van der Waals surface area (Å²) in [6, 6.07) is 5.30. The van der Waals surface area contributed by atoms with Crippen molar-refractivity contribution >= 4 is 16.9 Å². The molecule has 1 aromatic carbocycles. The van der Waals surface area contributed by atoms with Crippen molar-refractivity contribution in [3.63, 3.8) is 0 Å². The molecule has 4 heterocycles. The Labute approximate surface area is 180 Å². The van der Waals surface area contributed by atoms with Gasteiger partial charge in [0.25, 0.3) is 0 Å². The lowest BCUT2D eigenvalue weighted by Gasteiger charge is -2.38. The summed E-state index contributed by atoms with van der Waals surface area (Å²) in [5, 5.41) is 0. The largest absolute Gasteiger partial charge is 0.355 e. The number of benzene rings is 1. The van der Waals surface area contributed by atoms with Crippen molar-refractivity contribution in [3.05, 3.63) is 42.1 Å². The van der Waals surface area contributed by atoms with Crippen LogP contribution in [0, 0.1) is 17.6 Å². The number of anilines is 1. The number of nitrogens with one attached hydrogen (secondary N) is 1. The molecule has 31 heavy (non-hydrogen) atoms. The van der Waals surface area contributed by atoms with E-state index in [0.717, 1.165) is 75.0 Å². The van der Waals surface area contributed by atoms with Crippen LogP contribution in [0.3, 0.4) is 0 Å². The Bertz CT molecular complexity index is 1030. The topological polar surface area (TPSA) is 51.3 Å². The van der Waals surface area contributed by atoms with Crippen LogP contribution in [-0.4, -0.2) is 77.6 Å².